The van der Waals surface area contributed by atoms with Crippen molar-refractivity contribution in [2.75, 3.05) is 11.9 Å². The Kier molecular flexibility index (Phi) is 8.61. The molecule has 2 aromatic rings. The maximum atomic E-state index is 13.0. The summed E-state index contributed by atoms with van der Waals surface area (Å²) in [6.07, 6.45) is 8.35. The van der Waals surface area contributed by atoms with Crippen LogP contribution in [0.1, 0.15) is 32.3 Å². The van der Waals surface area contributed by atoms with Crippen LogP contribution in [-0.2, 0) is 9.59 Å². The average Bonchev–Trinajstić information content (AvgIpc) is 3.04. The van der Waals surface area contributed by atoms with Crippen molar-refractivity contribution in [1.29, 1.82) is 0 Å². The number of amides is 1. The van der Waals surface area contributed by atoms with Crippen molar-refractivity contribution in [3.05, 3.63) is 88.6 Å². The van der Waals surface area contributed by atoms with Crippen molar-refractivity contribution in [2.45, 2.75) is 33.6 Å². The number of halogens is 1. The Morgan fingerprint density at radius 1 is 1.15 bits per heavy atom. The van der Waals surface area contributed by atoms with E-state index >= 15 is 0 Å². The van der Waals surface area contributed by atoms with E-state index < -0.39 is 5.92 Å². The van der Waals surface area contributed by atoms with Gasteiger partial charge in [-0.3, -0.25) is 14.6 Å². The van der Waals surface area contributed by atoms with E-state index in [1.165, 1.54) is 0 Å². The van der Waals surface area contributed by atoms with Gasteiger partial charge in [-0.25, -0.2) is 0 Å². The van der Waals surface area contributed by atoms with Crippen molar-refractivity contribution in [3.63, 3.8) is 0 Å². The fourth-order valence-corrected chi connectivity index (χ4v) is 4.10. The molecular formula is C28H30ClN3O2. The lowest BCUT2D eigenvalue weighted by molar-refractivity contribution is -0.118. The van der Waals surface area contributed by atoms with Gasteiger partial charge in [0, 0.05) is 22.7 Å². The van der Waals surface area contributed by atoms with Gasteiger partial charge in [-0.05, 0) is 68.5 Å². The number of nitrogens with zero attached hydrogens (tertiary/aromatic N) is 1. The van der Waals surface area contributed by atoms with Crippen molar-refractivity contribution in [2.24, 2.45) is 16.6 Å². The van der Waals surface area contributed by atoms with E-state index in [1.54, 1.807) is 32.1 Å². The molecule has 0 spiro atoms. The number of aryl methyl sites for hydroxylation is 1. The number of hydrogen-bond donors (Lipinski definition) is 2. The predicted molar refractivity (Wildman–Crippen MR) is 141 cm³/mol. The zero-order chi connectivity index (χ0) is 24.7. The zero-order valence-electron chi connectivity index (χ0n) is 19.8. The van der Waals surface area contributed by atoms with Crippen molar-refractivity contribution in [1.82, 2.24) is 0 Å². The highest BCUT2D eigenvalue weighted by Crippen LogP contribution is 2.32. The Morgan fingerprint density at radius 3 is 2.62 bits per heavy atom. The molecule has 0 fully saturated rings. The number of allylic oxidation sites excluding steroid dienone is 4. The third-order valence-corrected chi connectivity index (χ3v) is 5.88. The lowest BCUT2D eigenvalue weighted by atomic mass is 9.99. The van der Waals surface area contributed by atoms with Crippen LogP contribution in [0.2, 0.25) is 5.02 Å². The highest BCUT2D eigenvalue weighted by atomic mass is 35.5. The molecule has 0 saturated carbocycles. The summed E-state index contributed by atoms with van der Waals surface area (Å²) < 4.78 is 0. The Hall–Kier alpha value is -3.44. The molecule has 5 nitrogen and oxygen atoms in total. The van der Waals surface area contributed by atoms with Gasteiger partial charge in [-0.1, -0.05) is 60.2 Å². The van der Waals surface area contributed by atoms with E-state index in [9.17, 15) is 9.59 Å². The SMILES string of the molecule is CC(N)=CC(C)=NCC(=O)C1=CC(C(=O)Nc2ccc(-c3ccccc3C)c(Cl)c2)CC=CC1. The van der Waals surface area contributed by atoms with Gasteiger partial charge < -0.3 is 11.1 Å². The second kappa shape index (κ2) is 11.6. The first kappa shape index (κ1) is 25.2. The monoisotopic (exact) mass is 475 g/mol. The third kappa shape index (κ3) is 6.78. The summed E-state index contributed by atoms with van der Waals surface area (Å²) >= 11 is 6.54. The molecule has 176 valence electrons. The van der Waals surface area contributed by atoms with Gasteiger partial charge in [0.25, 0.3) is 0 Å². The maximum Gasteiger partial charge on any atom is 0.231 e. The summed E-state index contributed by atoms with van der Waals surface area (Å²) in [6.45, 7) is 5.64. The molecule has 6 heteroatoms. The van der Waals surface area contributed by atoms with Crippen molar-refractivity contribution in [3.8, 4) is 11.1 Å². The van der Waals surface area contributed by atoms with E-state index in [1.807, 2.05) is 55.5 Å². The standard InChI is InChI=1S/C28H30ClN3O2/c1-18-8-4-7-11-24(18)25-13-12-23(16-26(25)29)32-28(34)22-10-6-5-9-21(15-22)27(33)17-31-20(3)14-19(2)30/h4-8,11-16,22H,9-10,17,30H2,1-3H3,(H,32,34). The second-order valence-electron chi connectivity index (χ2n) is 8.48. The van der Waals surface area contributed by atoms with Gasteiger partial charge in [0.1, 0.15) is 6.54 Å². The van der Waals surface area contributed by atoms with Crippen LogP contribution in [0.25, 0.3) is 11.1 Å². The fourth-order valence-electron chi connectivity index (χ4n) is 3.82. The smallest absolute Gasteiger partial charge is 0.231 e. The number of benzene rings is 2. The summed E-state index contributed by atoms with van der Waals surface area (Å²) in [5.74, 6) is -0.737. The van der Waals surface area contributed by atoms with Crippen LogP contribution < -0.4 is 11.1 Å². The van der Waals surface area contributed by atoms with Gasteiger partial charge in [0.15, 0.2) is 5.78 Å². The number of anilines is 1. The number of nitrogens with one attached hydrogen (secondary N) is 1. The number of rotatable bonds is 7. The Balaban J connectivity index is 1.73. The number of aliphatic imine (C=N–C) groups is 1. The Morgan fingerprint density at radius 2 is 1.91 bits per heavy atom. The molecule has 1 atom stereocenters. The number of carbonyl (C=O) groups excluding carboxylic acids is 2. The van der Waals surface area contributed by atoms with Crippen LogP contribution in [0.15, 0.2) is 83.0 Å². The molecule has 1 aliphatic rings. The normalized spacial score (nSPS) is 16.6. The minimum absolute atomic E-state index is 0.0274. The van der Waals surface area contributed by atoms with Gasteiger partial charge >= 0.3 is 0 Å². The summed E-state index contributed by atoms with van der Waals surface area (Å²) in [7, 11) is 0. The van der Waals surface area contributed by atoms with Crippen molar-refractivity contribution >= 4 is 34.7 Å². The van der Waals surface area contributed by atoms with Crippen molar-refractivity contribution < 1.29 is 9.59 Å². The predicted octanol–water partition coefficient (Wildman–Crippen LogP) is 6.04. The first-order chi connectivity index (χ1) is 16.2. The van der Waals surface area contributed by atoms with E-state index in [0.29, 0.717) is 40.5 Å². The third-order valence-electron chi connectivity index (χ3n) is 5.57. The molecule has 0 saturated heterocycles. The fraction of sp³-hybridized carbons (Fsp3) is 0.250. The average molecular weight is 476 g/mol. The largest absolute Gasteiger partial charge is 0.402 e. The molecule has 3 rings (SSSR count). The molecule has 34 heavy (non-hydrogen) atoms. The summed E-state index contributed by atoms with van der Waals surface area (Å²) in [5, 5.41) is 3.51. The van der Waals surface area contributed by atoms with Gasteiger partial charge in [0.2, 0.25) is 5.91 Å². The number of ketones is 1. The molecule has 0 heterocycles. The first-order valence-electron chi connectivity index (χ1n) is 11.2. The van der Waals surface area contributed by atoms with E-state index in [2.05, 4.69) is 10.3 Å². The number of nitrogens with two attached hydrogens (primary N) is 1. The van der Waals surface area contributed by atoms with Crippen LogP contribution >= 0.6 is 11.6 Å². The highest BCUT2D eigenvalue weighted by Gasteiger charge is 2.20. The first-order valence-corrected chi connectivity index (χ1v) is 11.6. The van der Waals surface area contributed by atoms with Gasteiger partial charge in [-0.2, -0.15) is 0 Å². The molecule has 1 unspecified atom stereocenters. The Bertz CT molecular complexity index is 1200. The van der Waals surface area contributed by atoms with Crippen LogP contribution in [0.3, 0.4) is 0 Å². The lowest BCUT2D eigenvalue weighted by Gasteiger charge is -2.14. The molecular weight excluding hydrogens is 446 g/mol. The molecule has 0 radical (unpaired) electrons. The van der Waals surface area contributed by atoms with Gasteiger partial charge in [0.05, 0.1) is 10.9 Å². The lowest BCUT2D eigenvalue weighted by Crippen LogP contribution is -2.22. The van der Waals surface area contributed by atoms with Crippen LogP contribution in [0.5, 0.6) is 0 Å². The summed E-state index contributed by atoms with van der Waals surface area (Å²) in [5.41, 5.74) is 11.3. The van der Waals surface area contributed by atoms with Crippen LogP contribution in [0.4, 0.5) is 5.69 Å². The summed E-state index contributed by atoms with van der Waals surface area (Å²) in [4.78, 5) is 30.0. The Labute approximate surface area is 206 Å². The van der Waals surface area contributed by atoms with Gasteiger partial charge in [-0.15, -0.1) is 0 Å². The molecule has 3 N–H and O–H groups in total. The summed E-state index contributed by atoms with van der Waals surface area (Å²) in [6, 6.07) is 13.5. The van der Waals surface area contributed by atoms with E-state index in [0.717, 1.165) is 16.7 Å². The highest BCUT2D eigenvalue weighted by molar-refractivity contribution is 6.33. The second-order valence-corrected chi connectivity index (χ2v) is 8.88. The quantitative estimate of drug-likeness (QED) is 0.378. The minimum atomic E-state index is -0.455. The van der Waals surface area contributed by atoms with E-state index in [4.69, 9.17) is 17.3 Å². The maximum absolute atomic E-state index is 13.0. The molecule has 1 aliphatic carbocycles. The topological polar surface area (TPSA) is 84.5 Å². The minimum Gasteiger partial charge on any atom is -0.402 e. The number of Topliss-reactive ketones (excluding diaryl/α,β-unsaturated/α-hetero) is 1. The molecule has 0 aliphatic heterocycles. The molecule has 0 aromatic heterocycles. The zero-order valence-corrected chi connectivity index (χ0v) is 20.5. The van der Waals surface area contributed by atoms with Crippen LogP contribution in [-0.4, -0.2) is 23.9 Å². The van der Waals surface area contributed by atoms with E-state index in [-0.39, 0.29) is 18.2 Å². The number of carbonyl (C=O) groups is 2. The molecule has 2 aromatic carbocycles. The molecule has 0 bridgehead atoms. The molecule has 1 amide bonds. The van der Waals surface area contributed by atoms with Crippen LogP contribution in [0, 0.1) is 12.8 Å². The number of hydrogen-bond acceptors (Lipinski definition) is 4.